The fraction of sp³-hybridized carbons (Fsp3) is 0.773. The molecule has 1 saturated heterocycles. The van der Waals surface area contributed by atoms with Crippen LogP contribution in [0.15, 0.2) is 12.5 Å². The molecule has 6 nitrogen and oxygen atoms in total. The first-order valence-corrected chi connectivity index (χ1v) is 10.7. The molecule has 0 radical (unpaired) electrons. The second kappa shape index (κ2) is 8.26. The van der Waals surface area contributed by atoms with E-state index < -0.39 is 11.7 Å². The number of rotatable bonds is 3. The van der Waals surface area contributed by atoms with Crippen LogP contribution in [0.2, 0.25) is 0 Å². The van der Waals surface area contributed by atoms with E-state index in [0.717, 1.165) is 18.0 Å². The van der Waals surface area contributed by atoms with Gasteiger partial charge in [0, 0.05) is 31.1 Å². The van der Waals surface area contributed by atoms with Crippen molar-refractivity contribution in [1.82, 2.24) is 14.5 Å². The monoisotopic (exact) mass is 389 g/mol. The van der Waals surface area contributed by atoms with Gasteiger partial charge in [0.25, 0.3) is 0 Å². The van der Waals surface area contributed by atoms with Gasteiger partial charge >= 0.3 is 6.09 Å². The Morgan fingerprint density at radius 3 is 2.50 bits per heavy atom. The molecular weight excluding hydrogens is 354 g/mol. The molecule has 156 valence electrons. The first-order valence-electron chi connectivity index (χ1n) is 10.7. The van der Waals surface area contributed by atoms with Gasteiger partial charge < -0.3 is 9.30 Å². The zero-order chi connectivity index (χ0) is 20.5. The van der Waals surface area contributed by atoms with Crippen LogP contribution in [0.25, 0.3) is 0 Å². The predicted molar refractivity (Wildman–Crippen MR) is 108 cm³/mol. The van der Waals surface area contributed by atoms with Gasteiger partial charge in [0.15, 0.2) is 0 Å². The maximum Gasteiger partial charge on any atom is 0.417 e. The van der Waals surface area contributed by atoms with E-state index in [9.17, 15) is 9.59 Å². The van der Waals surface area contributed by atoms with Crippen LogP contribution in [0.3, 0.4) is 0 Å². The topological polar surface area (TPSA) is 64.4 Å². The summed E-state index contributed by atoms with van der Waals surface area (Å²) in [4.78, 5) is 31.3. The minimum atomic E-state index is -0.607. The lowest BCUT2D eigenvalue weighted by Gasteiger charge is -2.35. The third-order valence-electron chi connectivity index (χ3n) is 5.93. The zero-order valence-electron chi connectivity index (χ0n) is 18.0. The maximum absolute atomic E-state index is 12.9. The van der Waals surface area contributed by atoms with Crippen molar-refractivity contribution in [3.8, 4) is 0 Å². The molecule has 3 rings (SSSR count). The van der Waals surface area contributed by atoms with Crippen molar-refractivity contribution in [3.05, 3.63) is 18.2 Å². The van der Waals surface area contributed by atoms with Gasteiger partial charge in [-0.25, -0.2) is 14.7 Å². The molecule has 1 aromatic rings. The normalized spacial score (nSPS) is 29.0. The number of nitrogens with zero attached hydrogens (tertiary/aromatic N) is 3. The van der Waals surface area contributed by atoms with E-state index in [0.29, 0.717) is 19.0 Å². The van der Waals surface area contributed by atoms with Gasteiger partial charge in [-0.1, -0.05) is 13.8 Å². The molecular formula is C22H35N3O3. The van der Waals surface area contributed by atoms with Crippen LogP contribution in [0, 0.1) is 17.8 Å². The summed E-state index contributed by atoms with van der Waals surface area (Å²) < 4.78 is 7.66. The van der Waals surface area contributed by atoms with Crippen molar-refractivity contribution in [1.29, 1.82) is 0 Å². The first kappa shape index (κ1) is 20.9. The van der Waals surface area contributed by atoms with E-state index >= 15 is 0 Å². The van der Waals surface area contributed by atoms with Crippen molar-refractivity contribution < 1.29 is 14.3 Å². The van der Waals surface area contributed by atoms with Crippen LogP contribution in [0.5, 0.6) is 0 Å². The molecule has 2 heterocycles. The minimum Gasteiger partial charge on any atom is -0.443 e. The van der Waals surface area contributed by atoms with Crippen molar-refractivity contribution in [3.63, 3.8) is 0 Å². The van der Waals surface area contributed by atoms with Gasteiger partial charge in [0.2, 0.25) is 5.91 Å². The second-order valence-electron chi connectivity index (χ2n) is 9.90. The summed E-state index contributed by atoms with van der Waals surface area (Å²) in [7, 11) is 0. The molecule has 0 N–H and O–H groups in total. The molecule has 0 bridgehead atoms. The summed E-state index contributed by atoms with van der Waals surface area (Å²) in [5.41, 5.74) is 0.333. The average Bonchev–Trinajstić information content (AvgIpc) is 3.05. The molecule has 1 aliphatic heterocycles. The summed E-state index contributed by atoms with van der Waals surface area (Å²) in [6.45, 7) is 10.3. The van der Waals surface area contributed by atoms with Gasteiger partial charge in [0.1, 0.15) is 5.60 Å². The minimum absolute atomic E-state index is 0.131. The molecule has 6 heteroatoms. The number of hydrogen-bond donors (Lipinski definition) is 0. The lowest BCUT2D eigenvalue weighted by Crippen LogP contribution is -2.50. The Morgan fingerprint density at radius 2 is 1.86 bits per heavy atom. The summed E-state index contributed by atoms with van der Waals surface area (Å²) >= 11 is 0. The number of imide groups is 1. The third-order valence-corrected chi connectivity index (χ3v) is 5.93. The number of piperidine rings is 1. The summed E-state index contributed by atoms with van der Waals surface area (Å²) in [5.74, 6) is 0.732. The van der Waals surface area contributed by atoms with E-state index in [1.165, 1.54) is 30.6 Å². The number of ether oxygens (including phenoxy) is 1. The van der Waals surface area contributed by atoms with Gasteiger partial charge in [-0.05, 0) is 64.7 Å². The van der Waals surface area contributed by atoms with Crippen LogP contribution in [0.1, 0.15) is 78.5 Å². The lowest BCUT2D eigenvalue weighted by molar-refractivity contribution is -0.138. The smallest absolute Gasteiger partial charge is 0.417 e. The largest absolute Gasteiger partial charge is 0.443 e. The van der Waals surface area contributed by atoms with Crippen molar-refractivity contribution in [2.75, 3.05) is 6.54 Å². The third kappa shape index (κ3) is 5.15. The summed E-state index contributed by atoms with van der Waals surface area (Å²) in [6.07, 6.45) is 9.78. The van der Waals surface area contributed by atoms with Gasteiger partial charge in [-0.2, -0.15) is 0 Å². The molecule has 2 amide bonds. The average molecular weight is 390 g/mol. The number of amides is 2. The number of carbonyl (C=O) groups excluding carboxylic acids is 2. The second-order valence-corrected chi connectivity index (χ2v) is 9.90. The van der Waals surface area contributed by atoms with Crippen LogP contribution in [-0.2, 0) is 16.0 Å². The van der Waals surface area contributed by atoms with E-state index in [1.54, 1.807) is 0 Å². The molecule has 2 atom stereocenters. The fourth-order valence-electron chi connectivity index (χ4n) is 4.41. The zero-order valence-corrected chi connectivity index (χ0v) is 18.0. The Labute approximate surface area is 168 Å². The van der Waals surface area contributed by atoms with Crippen LogP contribution in [-0.4, -0.2) is 38.6 Å². The first-order chi connectivity index (χ1) is 13.1. The Balaban J connectivity index is 1.65. The number of carbonyl (C=O) groups is 2. The number of likely N-dealkylation sites (tertiary alicyclic amines) is 1. The number of imidazole rings is 1. The quantitative estimate of drug-likeness (QED) is 0.758. The maximum atomic E-state index is 12.9. The summed E-state index contributed by atoms with van der Waals surface area (Å²) in [5, 5.41) is 0. The van der Waals surface area contributed by atoms with E-state index in [4.69, 9.17) is 4.74 Å². The molecule has 0 aromatic carbocycles. The lowest BCUT2D eigenvalue weighted by atomic mass is 9.86. The molecule has 0 unspecified atom stereocenters. The Kier molecular flexibility index (Phi) is 6.15. The molecule has 2 fully saturated rings. The SMILES string of the molecule is CC1CCC(n2cnc(C[C@@H]3C[C@H](C)CN(C(=O)OC(C)(C)C)C3=O)c2)CC1. The van der Waals surface area contributed by atoms with Crippen molar-refractivity contribution in [2.45, 2.75) is 84.8 Å². The van der Waals surface area contributed by atoms with Crippen LogP contribution >= 0.6 is 0 Å². The fourth-order valence-corrected chi connectivity index (χ4v) is 4.41. The molecule has 1 aromatic heterocycles. The van der Waals surface area contributed by atoms with Crippen LogP contribution in [0.4, 0.5) is 4.79 Å². The number of hydrogen-bond acceptors (Lipinski definition) is 4. The molecule has 2 aliphatic rings. The van der Waals surface area contributed by atoms with Crippen molar-refractivity contribution >= 4 is 12.0 Å². The molecule has 1 saturated carbocycles. The molecule has 1 aliphatic carbocycles. The Morgan fingerprint density at radius 1 is 1.18 bits per heavy atom. The Bertz CT molecular complexity index is 698. The standard InChI is InChI=1S/C22H35N3O3/c1-15-6-8-19(9-7-15)24-13-18(23-14-24)11-17-10-16(2)12-25(20(17)26)21(27)28-22(3,4)5/h13-17,19H,6-12H2,1-5H3/t15?,16-,17-,19?/m0/s1. The van der Waals surface area contributed by atoms with Gasteiger partial charge in [0.05, 0.1) is 12.0 Å². The van der Waals surface area contributed by atoms with Crippen molar-refractivity contribution in [2.24, 2.45) is 17.8 Å². The van der Waals surface area contributed by atoms with E-state index in [2.05, 4.69) is 29.6 Å². The number of aromatic nitrogens is 2. The Hall–Kier alpha value is -1.85. The predicted octanol–water partition coefficient (Wildman–Crippen LogP) is 4.60. The van der Waals surface area contributed by atoms with E-state index in [-0.39, 0.29) is 17.7 Å². The highest BCUT2D eigenvalue weighted by molar-refractivity contribution is 5.94. The summed E-state index contributed by atoms with van der Waals surface area (Å²) in [6, 6.07) is 0.525. The van der Waals surface area contributed by atoms with E-state index in [1.807, 2.05) is 27.1 Å². The van der Waals surface area contributed by atoms with Gasteiger partial charge in [-0.3, -0.25) is 4.79 Å². The highest BCUT2D eigenvalue weighted by atomic mass is 16.6. The highest BCUT2D eigenvalue weighted by Gasteiger charge is 2.38. The molecule has 28 heavy (non-hydrogen) atoms. The van der Waals surface area contributed by atoms with Crippen LogP contribution < -0.4 is 0 Å². The molecule has 0 spiro atoms. The highest BCUT2D eigenvalue weighted by Crippen LogP contribution is 2.32. The van der Waals surface area contributed by atoms with Gasteiger partial charge in [-0.15, -0.1) is 0 Å².